The lowest BCUT2D eigenvalue weighted by atomic mass is 10.0. The first-order chi connectivity index (χ1) is 13.7. The molecule has 0 saturated carbocycles. The van der Waals surface area contributed by atoms with Crippen LogP contribution in [0.25, 0.3) is 0 Å². The van der Waals surface area contributed by atoms with Crippen LogP contribution in [0.1, 0.15) is 51.9 Å². The van der Waals surface area contributed by atoms with Gasteiger partial charge in [0.1, 0.15) is 5.00 Å². The number of benzene rings is 1. The van der Waals surface area contributed by atoms with Gasteiger partial charge in [-0.05, 0) is 38.0 Å². The number of fused-ring (bicyclic) bond motifs is 1. The van der Waals surface area contributed by atoms with Gasteiger partial charge < -0.3 is 11.1 Å². The molecular formula is C20H25N3O4S2. The summed E-state index contributed by atoms with van der Waals surface area (Å²) in [5.41, 5.74) is 6.89. The molecule has 156 valence electrons. The maximum absolute atomic E-state index is 12.9. The van der Waals surface area contributed by atoms with Crippen LogP contribution in [0.15, 0.2) is 29.2 Å². The summed E-state index contributed by atoms with van der Waals surface area (Å²) in [6.45, 7) is 7.26. The maximum atomic E-state index is 12.9. The van der Waals surface area contributed by atoms with E-state index in [0.29, 0.717) is 29.6 Å². The molecule has 0 saturated heterocycles. The Balaban J connectivity index is 1.98. The fourth-order valence-corrected chi connectivity index (χ4v) is 5.83. The predicted molar refractivity (Wildman–Crippen MR) is 114 cm³/mol. The normalized spacial score (nSPS) is 14.6. The number of amides is 2. The first-order valence-corrected chi connectivity index (χ1v) is 11.9. The molecule has 0 bridgehead atoms. The van der Waals surface area contributed by atoms with Crippen LogP contribution in [0, 0.1) is 0 Å². The number of thiophene rings is 1. The molecule has 0 fully saturated rings. The Kier molecular flexibility index (Phi) is 6.11. The lowest BCUT2D eigenvalue weighted by molar-refractivity contribution is 0.0999. The van der Waals surface area contributed by atoms with Crippen molar-refractivity contribution in [3.63, 3.8) is 0 Å². The first-order valence-electron chi connectivity index (χ1n) is 9.47. The summed E-state index contributed by atoms with van der Waals surface area (Å²) in [4.78, 5) is 28.3. The van der Waals surface area contributed by atoms with E-state index in [-0.39, 0.29) is 16.2 Å². The topological polar surface area (TPSA) is 110 Å². The van der Waals surface area contributed by atoms with E-state index >= 15 is 0 Å². The average Bonchev–Trinajstić information content (AvgIpc) is 3.04. The second-order valence-electron chi connectivity index (χ2n) is 7.24. The van der Waals surface area contributed by atoms with Gasteiger partial charge in [-0.25, -0.2) is 8.42 Å². The second kappa shape index (κ2) is 8.25. The number of anilines is 1. The predicted octanol–water partition coefficient (Wildman–Crippen LogP) is 2.66. The Morgan fingerprint density at radius 1 is 1.28 bits per heavy atom. The zero-order chi connectivity index (χ0) is 21.3. The molecular weight excluding hydrogens is 410 g/mol. The number of carbonyl (C=O) groups is 2. The third kappa shape index (κ3) is 4.22. The molecule has 0 atom stereocenters. The van der Waals surface area contributed by atoms with Crippen LogP contribution in [0.3, 0.4) is 0 Å². The van der Waals surface area contributed by atoms with Gasteiger partial charge >= 0.3 is 0 Å². The molecule has 9 heteroatoms. The van der Waals surface area contributed by atoms with Gasteiger partial charge in [0.05, 0.1) is 21.8 Å². The number of carbonyl (C=O) groups excluding carboxylic acids is 2. The SMILES string of the molecule is CCS(=O)(=O)c1ccccc1C(=O)Nc1sc2c(c1C(N)=O)CCN(C(C)C)C2. The highest BCUT2D eigenvalue weighted by Gasteiger charge is 2.29. The van der Waals surface area contributed by atoms with E-state index in [1.165, 1.54) is 30.4 Å². The summed E-state index contributed by atoms with van der Waals surface area (Å²) in [7, 11) is -3.57. The molecule has 1 aliphatic heterocycles. The molecule has 0 spiro atoms. The highest BCUT2D eigenvalue weighted by Crippen LogP contribution is 2.37. The minimum absolute atomic E-state index is 0.0204. The molecule has 2 heterocycles. The second-order valence-corrected chi connectivity index (χ2v) is 10.6. The van der Waals surface area contributed by atoms with Crippen molar-refractivity contribution in [3.8, 4) is 0 Å². The number of rotatable bonds is 6. The Hall–Kier alpha value is -2.23. The molecule has 0 radical (unpaired) electrons. The van der Waals surface area contributed by atoms with Crippen molar-refractivity contribution in [1.82, 2.24) is 4.90 Å². The van der Waals surface area contributed by atoms with Gasteiger partial charge in [0.2, 0.25) is 0 Å². The monoisotopic (exact) mass is 435 g/mol. The van der Waals surface area contributed by atoms with Crippen LogP contribution >= 0.6 is 11.3 Å². The minimum Gasteiger partial charge on any atom is -0.365 e. The number of nitrogens with one attached hydrogen (secondary N) is 1. The summed E-state index contributed by atoms with van der Waals surface area (Å²) in [6.07, 6.45) is 0.680. The van der Waals surface area contributed by atoms with E-state index in [9.17, 15) is 18.0 Å². The highest BCUT2D eigenvalue weighted by molar-refractivity contribution is 7.91. The van der Waals surface area contributed by atoms with Gasteiger partial charge in [0.25, 0.3) is 11.8 Å². The van der Waals surface area contributed by atoms with Crippen molar-refractivity contribution in [1.29, 1.82) is 0 Å². The van der Waals surface area contributed by atoms with Gasteiger partial charge in [0.15, 0.2) is 9.84 Å². The van der Waals surface area contributed by atoms with E-state index in [1.54, 1.807) is 12.1 Å². The van der Waals surface area contributed by atoms with Crippen LogP contribution in [0.4, 0.5) is 5.00 Å². The van der Waals surface area contributed by atoms with Crippen molar-refractivity contribution in [2.75, 3.05) is 17.6 Å². The lowest BCUT2D eigenvalue weighted by Gasteiger charge is -2.30. The molecule has 0 aliphatic carbocycles. The largest absolute Gasteiger partial charge is 0.365 e. The number of hydrogen-bond donors (Lipinski definition) is 2. The van der Waals surface area contributed by atoms with Gasteiger partial charge in [-0.1, -0.05) is 19.1 Å². The third-order valence-electron chi connectivity index (χ3n) is 5.14. The number of sulfone groups is 1. The molecule has 3 rings (SSSR count). The molecule has 29 heavy (non-hydrogen) atoms. The zero-order valence-corrected chi connectivity index (χ0v) is 18.3. The number of nitrogens with two attached hydrogens (primary N) is 1. The van der Waals surface area contributed by atoms with Gasteiger partial charge in [-0.15, -0.1) is 11.3 Å². The Morgan fingerprint density at radius 2 is 1.97 bits per heavy atom. The highest BCUT2D eigenvalue weighted by atomic mass is 32.2. The summed E-state index contributed by atoms with van der Waals surface area (Å²) in [6, 6.07) is 6.45. The zero-order valence-electron chi connectivity index (χ0n) is 16.7. The molecule has 1 aromatic heterocycles. The smallest absolute Gasteiger partial charge is 0.257 e. The number of primary amides is 1. The molecule has 3 N–H and O–H groups in total. The van der Waals surface area contributed by atoms with Gasteiger partial charge in [0, 0.05) is 24.0 Å². The summed E-state index contributed by atoms with van der Waals surface area (Å²) in [5, 5.41) is 3.12. The van der Waals surface area contributed by atoms with Crippen LogP contribution in [0.2, 0.25) is 0 Å². The Labute approximate surface area is 174 Å². The maximum Gasteiger partial charge on any atom is 0.257 e. The lowest BCUT2D eigenvalue weighted by Crippen LogP contribution is -2.35. The van der Waals surface area contributed by atoms with Crippen molar-refractivity contribution < 1.29 is 18.0 Å². The van der Waals surface area contributed by atoms with Crippen molar-refractivity contribution in [2.24, 2.45) is 5.73 Å². The van der Waals surface area contributed by atoms with Crippen LogP contribution in [-0.4, -0.2) is 43.5 Å². The fraction of sp³-hybridized carbons (Fsp3) is 0.400. The molecule has 2 amide bonds. The van der Waals surface area contributed by atoms with Crippen molar-refractivity contribution in [2.45, 2.75) is 44.7 Å². The first kappa shape index (κ1) is 21.5. The van der Waals surface area contributed by atoms with E-state index in [0.717, 1.165) is 17.0 Å². The van der Waals surface area contributed by atoms with Gasteiger partial charge in [-0.2, -0.15) is 0 Å². The van der Waals surface area contributed by atoms with Crippen LogP contribution in [0.5, 0.6) is 0 Å². The van der Waals surface area contributed by atoms with Crippen molar-refractivity contribution in [3.05, 3.63) is 45.8 Å². The van der Waals surface area contributed by atoms with Crippen molar-refractivity contribution >= 4 is 38.0 Å². The molecule has 1 aliphatic rings. The molecule has 2 aromatic rings. The fourth-order valence-electron chi connectivity index (χ4n) is 3.46. The van der Waals surface area contributed by atoms with E-state index in [2.05, 4.69) is 24.1 Å². The van der Waals surface area contributed by atoms with Crippen LogP contribution in [-0.2, 0) is 22.8 Å². The van der Waals surface area contributed by atoms with Gasteiger partial charge in [-0.3, -0.25) is 14.5 Å². The van der Waals surface area contributed by atoms with Crippen LogP contribution < -0.4 is 11.1 Å². The summed E-state index contributed by atoms with van der Waals surface area (Å²) in [5.74, 6) is -1.27. The standard InChI is InChI=1S/C20H25N3O4S2/c1-4-29(26,27)16-8-6-5-7-14(16)19(25)22-20-17(18(21)24)13-9-10-23(12(2)3)11-15(13)28-20/h5-8,12H,4,9-11H2,1-3H3,(H2,21,24)(H,22,25). The number of nitrogens with zero attached hydrogens (tertiary/aromatic N) is 1. The Morgan fingerprint density at radius 3 is 2.59 bits per heavy atom. The average molecular weight is 436 g/mol. The minimum atomic E-state index is -3.57. The molecule has 1 aromatic carbocycles. The summed E-state index contributed by atoms with van der Waals surface area (Å²) >= 11 is 1.33. The molecule has 0 unspecified atom stereocenters. The third-order valence-corrected chi connectivity index (χ3v) is 8.06. The number of hydrogen-bond acceptors (Lipinski definition) is 6. The quantitative estimate of drug-likeness (QED) is 0.725. The van der Waals surface area contributed by atoms with E-state index in [1.807, 2.05) is 0 Å². The summed E-state index contributed by atoms with van der Waals surface area (Å²) < 4.78 is 24.7. The molecule has 7 nitrogen and oxygen atoms in total. The van der Waals surface area contributed by atoms with E-state index in [4.69, 9.17) is 5.73 Å². The Bertz CT molecular complexity index is 1060. The van der Waals surface area contributed by atoms with E-state index < -0.39 is 21.7 Å².